The topological polar surface area (TPSA) is 60.4 Å². The van der Waals surface area contributed by atoms with E-state index in [0.717, 1.165) is 11.3 Å². The molecule has 1 aliphatic heterocycles. The highest BCUT2D eigenvalue weighted by Gasteiger charge is 2.33. The Kier molecular flexibility index (Phi) is 6.73. The van der Waals surface area contributed by atoms with E-state index in [0.29, 0.717) is 34.7 Å². The van der Waals surface area contributed by atoms with Crippen molar-refractivity contribution in [2.75, 3.05) is 34.5 Å². The molecule has 0 unspecified atom stereocenters. The zero-order chi connectivity index (χ0) is 19.9. The fourth-order valence-electron chi connectivity index (χ4n) is 2.68. The van der Waals surface area contributed by atoms with Crippen molar-refractivity contribution in [2.24, 2.45) is 4.99 Å². The van der Waals surface area contributed by atoms with Gasteiger partial charge in [0.15, 0.2) is 5.17 Å². The van der Waals surface area contributed by atoms with Gasteiger partial charge in [-0.1, -0.05) is 18.2 Å². The first-order valence-electron chi connectivity index (χ1n) is 8.72. The molecule has 7 heteroatoms. The second kappa shape index (κ2) is 9.43. The minimum atomic E-state index is -0.110. The molecule has 1 amide bonds. The van der Waals surface area contributed by atoms with E-state index >= 15 is 0 Å². The molecule has 0 N–H and O–H groups in total. The van der Waals surface area contributed by atoms with Gasteiger partial charge in [-0.05, 0) is 48.2 Å². The molecule has 0 aliphatic carbocycles. The van der Waals surface area contributed by atoms with Gasteiger partial charge in [-0.3, -0.25) is 9.69 Å². The minimum absolute atomic E-state index is 0.110. The fourth-order valence-corrected chi connectivity index (χ4v) is 3.69. The maximum absolute atomic E-state index is 13.0. The highest BCUT2D eigenvalue weighted by molar-refractivity contribution is 8.18. The van der Waals surface area contributed by atoms with Crippen LogP contribution < -0.4 is 9.47 Å². The normalized spacial score (nSPS) is 16.8. The zero-order valence-corrected chi connectivity index (χ0v) is 16.9. The first-order chi connectivity index (χ1) is 13.7. The molecule has 0 radical (unpaired) electrons. The Morgan fingerprint density at radius 3 is 2.54 bits per heavy atom. The largest absolute Gasteiger partial charge is 0.497 e. The number of rotatable bonds is 7. The number of carbonyl (C=O) groups is 1. The second-order valence-corrected chi connectivity index (χ2v) is 6.91. The van der Waals surface area contributed by atoms with Crippen LogP contribution in [0.1, 0.15) is 5.56 Å². The number of thioether (sulfide) groups is 1. The summed E-state index contributed by atoms with van der Waals surface area (Å²) in [5.74, 6) is 1.25. The van der Waals surface area contributed by atoms with Crippen LogP contribution in [0.4, 0.5) is 5.69 Å². The Morgan fingerprint density at radius 1 is 1.07 bits per heavy atom. The van der Waals surface area contributed by atoms with E-state index in [1.165, 1.54) is 11.8 Å². The summed E-state index contributed by atoms with van der Waals surface area (Å²) < 4.78 is 15.9. The Labute approximate surface area is 168 Å². The van der Waals surface area contributed by atoms with Gasteiger partial charge in [0.1, 0.15) is 11.5 Å². The molecule has 1 fully saturated rings. The molecule has 0 bridgehead atoms. The summed E-state index contributed by atoms with van der Waals surface area (Å²) in [6, 6.07) is 15.0. The molecule has 146 valence electrons. The molecule has 1 heterocycles. The van der Waals surface area contributed by atoms with Crippen LogP contribution in [0.3, 0.4) is 0 Å². The molecular weight excluding hydrogens is 376 g/mol. The van der Waals surface area contributed by atoms with Gasteiger partial charge in [0.2, 0.25) is 0 Å². The average molecular weight is 398 g/mol. The molecule has 6 nitrogen and oxygen atoms in total. The van der Waals surface area contributed by atoms with Crippen molar-refractivity contribution in [2.45, 2.75) is 0 Å². The van der Waals surface area contributed by atoms with E-state index in [1.807, 2.05) is 54.6 Å². The molecule has 0 atom stereocenters. The van der Waals surface area contributed by atoms with Gasteiger partial charge in [0, 0.05) is 12.7 Å². The predicted molar refractivity (Wildman–Crippen MR) is 112 cm³/mol. The van der Waals surface area contributed by atoms with Crippen LogP contribution >= 0.6 is 11.8 Å². The summed E-state index contributed by atoms with van der Waals surface area (Å²) in [5, 5.41) is 0.626. The minimum Gasteiger partial charge on any atom is -0.497 e. The van der Waals surface area contributed by atoms with Gasteiger partial charge in [0.05, 0.1) is 38.0 Å². The van der Waals surface area contributed by atoms with Crippen LogP contribution in [0, 0.1) is 0 Å². The van der Waals surface area contributed by atoms with Crippen LogP contribution in [0.25, 0.3) is 6.08 Å². The van der Waals surface area contributed by atoms with Crippen LogP contribution in [-0.4, -0.2) is 50.5 Å². The summed E-state index contributed by atoms with van der Waals surface area (Å²) >= 11 is 1.34. The Balaban J connectivity index is 1.97. The number of carbonyl (C=O) groups excluding carboxylic acids is 1. The lowest BCUT2D eigenvalue weighted by Crippen LogP contribution is -2.32. The Bertz CT molecular complexity index is 897. The van der Waals surface area contributed by atoms with Crippen molar-refractivity contribution in [1.82, 2.24) is 4.90 Å². The summed E-state index contributed by atoms with van der Waals surface area (Å²) in [6.45, 7) is 0.858. The quantitative estimate of drug-likeness (QED) is 0.661. The summed E-state index contributed by atoms with van der Waals surface area (Å²) in [5.41, 5.74) is 1.56. The molecule has 28 heavy (non-hydrogen) atoms. The van der Waals surface area contributed by atoms with E-state index in [1.54, 1.807) is 26.2 Å². The number of methoxy groups -OCH3 is 3. The standard InChI is InChI=1S/C21H22N2O4S/c1-25-12-11-23-20(24)19(28-21(23)22-16-7-5-4-6-8-16)14-15-13-17(26-2)9-10-18(15)27-3/h4-10,13-14H,11-12H2,1-3H3. The smallest absolute Gasteiger partial charge is 0.266 e. The maximum Gasteiger partial charge on any atom is 0.266 e. The van der Waals surface area contributed by atoms with E-state index < -0.39 is 0 Å². The van der Waals surface area contributed by atoms with Crippen molar-refractivity contribution in [1.29, 1.82) is 0 Å². The van der Waals surface area contributed by atoms with Crippen molar-refractivity contribution < 1.29 is 19.0 Å². The number of amidine groups is 1. The lowest BCUT2D eigenvalue weighted by Gasteiger charge is -2.14. The third-order valence-corrected chi connectivity index (χ3v) is 5.12. The Morgan fingerprint density at radius 2 is 1.86 bits per heavy atom. The highest BCUT2D eigenvalue weighted by Crippen LogP contribution is 2.36. The lowest BCUT2D eigenvalue weighted by molar-refractivity contribution is -0.122. The molecule has 0 spiro atoms. The van der Waals surface area contributed by atoms with E-state index in [9.17, 15) is 4.79 Å². The van der Waals surface area contributed by atoms with Gasteiger partial charge in [-0.2, -0.15) is 0 Å². The highest BCUT2D eigenvalue weighted by atomic mass is 32.2. The van der Waals surface area contributed by atoms with Crippen molar-refractivity contribution >= 4 is 34.6 Å². The maximum atomic E-state index is 13.0. The van der Waals surface area contributed by atoms with Gasteiger partial charge in [0.25, 0.3) is 5.91 Å². The number of ether oxygens (including phenoxy) is 3. The SMILES string of the molecule is COCCN1C(=O)C(=Cc2cc(OC)ccc2OC)SC1=Nc1ccccc1. The molecule has 2 aromatic rings. The molecule has 2 aromatic carbocycles. The number of aliphatic imine (C=N–C) groups is 1. The van der Waals surface area contributed by atoms with E-state index in [-0.39, 0.29) is 5.91 Å². The summed E-state index contributed by atoms with van der Waals surface area (Å²) in [7, 11) is 4.81. The number of para-hydroxylation sites is 1. The number of benzene rings is 2. The van der Waals surface area contributed by atoms with Crippen LogP contribution in [0.2, 0.25) is 0 Å². The molecule has 1 aliphatic rings. The van der Waals surface area contributed by atoms with Crippen LogP contribution in [0.15, 0.2) is 58.4 Å². The summed E-state index contributed by atoms with van der Waals surface area (Å²) in [4.78, 5) is 19.8. The van der Waals surface area contributed by atoms with Gasteiger partial charge in [-0.25, -0.2) is 4.99 Å². The van der Waals surface area contributed by atoms with Gasteiger partial charge in [-0.15, -0.1) is 0 Å². The first kappa shape index (κ1) is 20.0. The summed E-state index contributed by atoms with van der Waals surface area (Å²) in [6.07, 6.45) is 1.81. The third kappa shape index (κ3) is 4.55. The van der Waals surface area contributed by atoms with E-state index in [4.69, 9.17) is 14.2 Å². The number of hydrogen-bond donors (Lipinski definition) is 0. The number of nitrogens with zero attached hydrogens (tertiary/aromatic N) is 2. The molecule has 0 saturated carbocycles. The molecule has 0 aromatic heterocycles. The van der Waals surface area contributed by atoms with Crippen molar-refractivity contribution in [3.8, 4) is 11.5 Å². The number of hydrogen-bond acceptors (Lipinski definition) is 6. The van der Waals surface area contributed by atoms with Gasteiger partial charge >= 0.3 is 0 Å². The van der Waals surface area contributed by atoms with Crippen LogP contribution in [-0.2, 0) is 9.53 Å². The zero-order valence-electron chi connectivity index (χ0n) is 16.0. The first-order valence-corrected chi connectivity index (χ1v) is 9.54. The van der Waals surface area contributed by atoms with Crippen LogP contribution in [0.5, 0.6) is 11.5 Å². The monoisotopic (exact) mass is 398 g/mol. The average Bonchev–Trinajstić information content (AvgIpc) is 3.01. The predicted octanol–water partition coefficient (Wildman–Crippen LogP) is 3.95. The Hall–Kier alpha value is -2.77. The third-order valence-electron chi connectivity index (χ3n) is 4.11. The van der Waals surface area contributed by atoms with E-state index in [2.05, 4.69) is 4.99 Å². The lowest BCUT2D eigenvalue weighted by atomic mass is 10.1. The fraction of sp³-hybridized carbons (Fsp3) is 0.238. The molecule has 3 rings (SSSR count). The second-order valence-electron chi connectivity index (χ2n) is 5.90. The number of amides is 1. The van der Waals surface area contributed by atoms with Gasteiger partial charge < -0.3 is 14.2 Å². The molecular formula is C21H22N2O4S. The van der Waals surface area contributed by atoms with Crippen molar-refractivity contribution in [3.63, 3.8) is 0 Å². The van der Waals surface area contributed by atoms with Crippen molar-refractivity contribution in [3.05, 3.63) is 59.0 Å². The molecule has 1 saturated heterocycles.